The molecule has 0 rings (SSSR count). The Morgan fingerprint density at radius 2 is 0.656 bits per heavy atom. The molecule has 0 aliphatic heterocycles. The van der Waals surface area contributed by atoms with Gasteiger partial charge in [0.05, 0.1) is 65.9 Å². The van der Waals surface area contributed by atoms with Crippen molar-refractivity contribution >= 4 is 21.6 Å². The van der Waals surface area contributed by atoms with E-state index < -0.39 is 0 Å². The molecule has 0 aromatic heterocycles. The van der Waals surface area contributed by atoms with Crippen LogP contribution in [0.25, 0.3) is 0 Å². The van der Waals surface area contributed by atoms with Crippen molar-refractivity contribution in [2.75, 3.05) is 65.9 Å². The molecule has 0 saturated heterocycles. The Balaban J connectivity index is 3.56. The number of unbranched alkanes of at least 4 members (excludes halogenated alkanes) is 14. The van der Waals surface area contributed by atoms with Crippen molar-refractivity contribution in [2.24, 2.45) is 0 Å². The Morgan fingerprint density at radius 3 is 0.969 bits per heavy atom. The normalized spacial score (nSPS) is 12.6. The summed E-state index contributed by atoms with van der Waals surface area (Å²) in [5.41, 5.74) is 0. The van der Waals surface area contributed by atoms with Crippen LogP contribution in [0, 0.1) is 0 Å². The molecule has 0 saturated carbocycles. The third-order valence-electron chi connectivity index (χ3n) is 6.88. The van der Waals surface area contributed by atoms with Gasteiger partial charge in [-0.1, -0.05) is 112 Å². The molecule has 0 N–H and O–H groups in total. The maximum absolute atomic E-state index is 2.43. The van der Waals surface area contributed by atoms with E-state index in [1.54, 1.807) is 0 Å². The van der Waals surface area contributed by atoms with Crippen LogP contribution in [0.5, 0.6) is 0 Å². The van der Waals surface area contributed by atoms with Crippen LogP contribution in [0.2, 0.25) is 0 Å². The zero-order valence-electron chi connectivity index (χ0n) is 23.3. The lowest BCUT2D eigenvalue weighted by molar-refractivity contribution is -0.888. The van der Waals surface area contributed by atoms with Crippen molar-refractivity contribution in [2.45, 2.75) is 117 Å². The van der Waals surface area contributed by atoms with E-state index in [0.717, 1.165) is 0 Å². The van der Waals surface area contributed by atoms with Crippen LogP contribution in [0.1, 0.15) is 117 Å². The lowest BCUT2D eigenvalue weighted by Gasteiger charge is -2.30. The molecular formula is C28H62N2S2+2. The summed E-state index contributed by atoms with van der Waals surface area (Å²) in [7, 11) is 13.9. The summed E-state index contributed by atoms with van der Waals surface area (Å²) in [6.45, 7) is 9.92. The van der Waals surface area contributed by atoms with E-state index in [0.29, 0.717) is 0 Å². The molecule has 0 aromatic rings. The summed E-state index contributed by atoms with van der Waals surface area (Å²) in [6, 6.07) is 0. The highest BCUT2D eigenvalue weighted by Crippen LogP contribution is 2.23. The minimum Gasteiger partial charge on any atom is -0.328 e. The molecule has 0 heterocycles. The van der Waals surface area contributed by atoms with Crippen LogP contribution >= 0.6 is 21.6 Å². The van der Waals surface area contributed by atoms with Crippen molar-refractivity contribution in [1.29, 1.82) is 0 Å². The molecular weight excluding hydrogens is 428 g/mol. The smallest absolute Gasteiger partial charge is 0.0882 e. The van der Waals surface area contributed by atoms with Gasteiger partial charge in [0.15, 0.2) is 0 Å². The monoisotopic (exact) mass is 490 g/mol. The predicted molar refractivity (Wildman–Crippen MR) is 154 cm³/mol. The average Bonchev–Trinajstić information content (AvgIpc) is 2.74. The highest BCUT2D eigenvalue weighted by Gasteiger charge is 2.16. The van der Waals surface area contributed by atoms with Gasteiger partial charge in [-0.2, -0.15) is 0 Å². The first-order valence-electron chi connectivity index (χ1n) is 14.2. The largest absolute Gasteiger partial charge is 0.328 e. The topological polar surface area (TPSA) is 0 Å². The van der Waals surface area contributed by atoms with E-state index in [4.69, 9.17) is 0 Å². The van der Waals surface area contributed by atoms with Gasteiger partial charge in [-0.05, 0) is 25.7 Å². The minimum atomic E-state index is 1.20. The van der Waals surface area contributed by atoms with Gasteiger partial charge in [0.1, 0.15) is 0 Å². The second-order valence-corrected chi connectivity index (χ2v) is 14.1. The van der Waals surface area contributed by atoms with Gasteiger partial charge in [-0.15, -0.1) is 0 Å². The number of rotatable bonds is 25. The average molecular weight is 491 g/mol. The molecule has 4 heteroatoms. The number of quaternary nitrogens is 2. The summed E-state index contributed by atoms with van der Waals surface area (Å²) in [4.78, 5) is 0. The van der Waals surface area contributed by atoms with Crippen LogP contribution in [-0.2, 0) is 0 Å². The first-order valence-corrected chi connectivity index (χ1v) is 16.7. The van der Waals surface area contributed by atoms with Gasteiger partial charge in [0.2, 0.25) is 0 Å². The van der Waals surface area contributed by atoms with Gasteiger partial charge >= 0.3 is 0 Å². The maximum atomic E-state index is 2.43. The van der Waals surface area contributed by atoms with Crippen LogP contribution in [-0.4, -0.2) is 74.8 Å². The molecule has 0 bridgehead atoms. The molecule has 0 aliphatic carbocycles. The van der Waals surface area contributed by atoms with Crippen molar-refractivity contribution in [3.63, 3.8) is 0 Å². The van der Waals surface area contributed by atoms with Gasteiger partial charge < -0.3 is 8.97 Å². The van der Waals surface area contributed by atoms with Crippen LogP contribution in [0.15, 0.2) is 0 Å². The fraction of sp³-hybridized carbons (Fsp3) is 1.00. The zero-order valence-corrected chi connectivity index (χ0v) is 24.9. The first kappa shape index (κ1) is 32.6. The molecule has 0 fully saturated rings. The zero-order chi connectivity index (χ0) is 24.0. The van der Waals surface area contributed by atoms with Gasteiger partial charge in [-0.3, -0.25) is 0 Å². The summed E-state index contributed by atoms with van der Waals surface area (Å²) < 4.78 is 2.40. The molecule has 0 aliphatic rings. The van der Waals surface area contributed by atoms with E-state index >= 15 is 0 Å². The number of nitrogens with zero attached hydrogens (tertiary/aromatic N) is 2. The van der Waals surface area contributed by atoms with E-state index in [1.165, 1.54) is 149 Å². The molecule has 0 radical (unpaired) electrons. The number of hydrogen-bond donors (Lipinski definition) is 0. The SMILES string of the molecule is CCCCCCCCCC[N+](C)(C)CCSSCC[N+](C)(C)CCCCCCCCCC. The Labute approximate surface area is 212 Å². The van der Waals surface area contributed by atoms with E-state index in [9.17, 15) is 0 Å². The fourth-order valence-corrected chi connectivity index (χ4v) is 6.79. The summed E-state index contributed by atoms with van der Waals surface area (Å²) >= 11 is 0. The Hall–Kier alpha value is 0.620. The second-order valence-electron chi connectivity index (χ2n) is 11.4. The molecule has 2 nitrogen and oxygen atoms in total. The predicted octanol–water partition coefficient (Wildman–Crippen LogP) is 8.80. The quantitative estimate of drug-likeness (QED) is 0.0712. The van der Waals surface area contributed by atoms with E-state index in [-0.39, 0.29) is 0 Å². The second kappa shape index (κ2) is 22.1. The van der Waals surface area contributed by atoms with Gasteiger partial charge in [0, 0.05) is 0 Å². The lowest BCUT2D eigenvalue weighted by atomic mass is 10.1. The third-order valence-corrected chi connectivity index (χ3v) is 9.24. The van der Waals surface area contributed by atoms with Crippen molar-refractivity contribution < 1.29 is 8.97 Å². The standard InChI is InChI=1S/C28H62N2S2/c1-7-9-11-13-15-17-19-21-23-29(3,4)25-27-31-32-28-26-30(5,6)24-22-20-18-16-14-12-10-8-2/h7-28H2,1-6H3/q+2. The molecule has 32 heavy (non-hydrogen) atoms. The third kappa shape index (κ3) is 23.8. The fourth-order valence-electron chi connectivity index (χ4n) is 4.26. The van der Waals surface area contributed by atoms with Crippen LogP contribution in [0.4, 0.5) is 0 Å². The Morgan fingerprint density at radius 1 is 0.375 bits per heavy atom. The highest BCUT2D eigenvalue weighted by atomic mass is 33.1. The molecule has 0 spiro atoms. The molecule has 0 amide bonds. The number of hydrogen-bond acceptors (Lipinski definition) is 2. The Bertz CT molecular complexity index is 350. The highest BCUT2D eigenvalue weighted by molar-refractivity contribution is 8.76. The van der Waals surface area contributed by atoms with E-state index in [1.807, 2.05) is 0 Å². The van der Waals surface area contributed by atoms with Crippen molar-refractivity contribution in [1.82, 2.24) is 0 Å². The summed E-state index contributed by atoms with van der Waals surface area (Å²) in [6.07, 6.45) is 22.8. The molecule has 194 valence electrons. The van der Waals surface area contributed by atoms with E-state index in [2.05, 4.69) is 63.6 Å². The van der Waals surface area contributed by atoms with Crippen LogP contribution in [0.3, 0.4) is 0 Å². The molecule has 0 unspecified atom stereocenters. The Kier molecular flexibility index (Phi) is 22.5. The van der Waals surface area contributed by atoms with Crippen LogP contribution < -0.4 is 0 Å². The summed E-state index contributed by atoms with van der Waals surface area (Å²) in [5, 5.41) is 0. The van der Waals surface area contributed by atoms with Crippen molar-refractivity contribution in [3.05, 3.63) is 0 Å². The summed E-state index contributed by atoms with van der Waals surface area (Å²) in [5.74, 6) is 2.58. The van der Waals surface area contributed by atoms with Crippen molar-refractivity contribution in [3.8, 4) is 0 Å². The first-order chi connectivity index (χ1) is 15.3. The maximum Gasteiger partial charge on any atom is 0.0882 e. The molecule has 0 atom stereocenters. The lowest BCUT2D eigenvalue weighted by Crippen LogP contribution is -2.42. The van der Waals surface area contributed by atoms with Gasteiger partial charge in [0.25, 0.3) is 0 Å². The minimum absolute atomic E-state index is 1.20. The van der Waals surface area contributed by atoms with Gasteiger partial charge in [-0.25, -0.2) is 0 Å². The molecule has 0 aromatic carbocycles.